The highest BCUT2D eigenvalue weighted by atomic mass is 19.4. The molecule has 2 saturated heterocycles. The van der Waals surface area contributed by atoms with Gasteiger partial charge in [-0.1, -0.05) is 12.1 Å². The normalized spacial score (nSPS) is 18.6. The SMILES string of the molecule is COc1cc(N2CCC(N3CCC3)CC2)ccc1Nc1ncc(C(F)(F)F)c(NCc2cccc3c2C(C)(C)C(=O)N3)n1. The molecule has 228 valence electrons. The molecule has 4 heterocycles. The van der Waals surface area contributed by atoms with Crippen LogP contribution in [0.25, 0.3) is 0 Å². The number of nitrogens with zero attached hydrogens (tertiary/aromatic N) is 4. The molecule has 3 aromatic rings. The Morgan fingerprint density at radius 2 is 1.88 bits per heavy atom. The third-order valence-electron chi connectivity index (χ3n) is 8.80. The van der Waals surface area contributed by atoms with E-state index in [4.69, 9.17) is 4.74 Å². The summed E-state index contributed by atoms with van der Waals surface area (Å²) in [5.41, 5.74) is 1.89. The number of methoxy groups -OCH3 is 1. The lowest BCUT2D eigenvalue weighted by molar-refractivity contribution is -0.137. The number of ether oxygens (including phenoxy) is 1. The van der Waals surface area contributed by atoms with Gasteiger partial charge < -0.3 is 30.5 Å². The second-order valence-corrected chi connectivity index (χ2v) is 11.8. The average molecular weight is 596 g/mol. The first-order valence-electron chi connectivity index (χ1n) is 14.6. The zero-order valence-corrected chi connectivity index (χ0v) is 24.5. The number of piperidine rings is 1. The number of benzene rings is 2. The van der Waals surface area contributed by atoms with E-state index in [2.05, 4.69) is 35.7 Å². The molecule has 1 aromatic heterocycles. The van der Waals surface area contributed by atoms with Crippen molar-refractivity contribution in [2.45, 2.75) is 57.3 Å². The van der Waals surface area contributed by atoms with Crippen molar-refractivity contribution in [1.29, 1.82) is 0 Å². The van der Waals surface area contributed by atoms with E-state index in [1.165, 1.54) is 19.5 Å². The lowest BCUT2D eigenvalue weighted by Crippen LogP contribution is -2.50. The fourth-order valence-corrected chi connectivity index (χ4v) is 6.24. The molecule has 2 aromatic carbocycles. The van der Waals surface area contributed by atoms with Crippen LogP contribution in [0.4, 0.5) is 42.0 Å². The van der Waals surface area contributed by atoms with E-state index in [0.717, 1.165) is 43.4 Å². The smallest absolute Gasteiger partial charge is 0.421 e. The summed E-state index contributed by atoms with van der Waals surface area (Å²) in [5, 5.41) is 8.73. The zero-order valence-electron chi connectivity index (χ0n) is 24.5. The first-order valence-corrected chi connectivity index (χ1v) is 14.6. The van der Waals surface area contributed by atoms with Gasteiger partial charge >= 0.3 is 6.18 Å². The number of anilines is 5. The number of likely N-dealkylation sites (tertiary alicyclic amines) is 1. The molecule has 0 unspecified atom stereocenters. The molecule has 3 aliphatic rings. The standard InChI is InChI=1S/C31H36F3N7O2/c1-30(2)26-19(6-4-7-24(26)37-28(30)42)17-35-27-22(31(32,33)34)18-36-29(39-27)38-23-9-8-21(16-25(23)43-3)41-14-10-20(11-15-41)40-12-5-13-40/h4,6-9,16,18,20H,5,10-15,17H2,1-3H3,(H,37,42)(H2,35,36,38,39). The molecule has 0 spiro atoms. The molecule has 12 heteroatoms. The van der Waals surface area contributed by atoms with Crippen LogP contribution in [0, 0.1) is 0 Å². The molecule has 1 amide bonds. The summed E-state index contributed by atoms with van der Waals surface area (Å²) < 4.78 is 47.4. The van der Waals surface area contributed by atoms with Crippen molar-refractivity contribution >= 4 is 34.7 Å². The van der Waals surface area contributed by atoms with Crippen LogP contribution in [0.3, 0.4) is 0 Å². The molecule has 6 rings (SSSR count). The van der Waals surface area contributed by atoms with E-state index in [0.29, 0.717) is 28.7 Å². The molecule has 0 aliphatic carbocycles. The number of nitrogens with one attached hydrogen (secondary N) is 3. The van der Waals surface area contributed by atoms with Gasteiger partial charge in [-0.25, -0.2) is 4.98 Å². The van der Waals surface area contributed by atoms with Crippen molar-refractivity contribution in [3.05, 3.63) is 59.3 Å². The van der Waals surface area contributed by atoms with Crippen LogP contribution < -0.4 is 25.6 Å². The summed E-state index contributed by atoms with van der Waals surface area (Å²) in [4.78, 5) is 25.5. The van der Waals surface area contributed by atoms with Gasteiger partial charge in [-0.2, -0.15) is 18.2 Å². The highest BCUT2D eigenvalue weighted by Crippen LogP contribution is 2.41. The molecule has 43 heavy (non-hydrogen) atoms. The van der Waals surface area contributed by atoms with E-state index in [1.54, 1.807) is 39.2 Å². The summed E-state index contributed by atoms with van der Waals surface area (Å²) in [6, 6.07) is 11.7. The molecule has 3 aliphatic heterocycles. The lowest BCUT2D eigenvalue weighted by Gasteiger charge is -2.43. The maximum absolute atomic E-state index is 13.9. The molecule has 9 nitrogen and oxygen atoms in total. The van der Waals surface area contributed by atoms with Crippen LogP contribution >= 0.6 is 0 Å². The largest absolute Gasteiger partial charge is 0.494 e. The number of rotatable bonds is 8. The van der Waals surface area contributed by atoms with Crippen molar-refractivity contribution in [2.75, 3.05) is 54.1 Å². The number of fused-ring (bicyclic) bond motifs is 1. The van der Waals surface area contributed by atoms with Gasteiger partial charge in [-0.15, -0.1) is 0 Å². The van der Waals surface area contributed by atoms with Gasteiger partial charge in [-0.05, 0) is 75.5 Å². The van der Waals surface area contributed by atoms with Crippen LogP contribution in [-0.4, -0.2) is 60.1 Å². The van der Waals surface area contributed by atoms with Crippen LogP contribution in [0.1, 0.15) is 49.8 Å². The van der Waals surface area contributed by atoms with Gasteiger partial charge in [0.05, 0.1) is 18.2 Å². The topological polar surface area (TPSA) is 94.7 Å². The van der Waals surface area contributed by atoms with E-state index in [-0.39, 0.29) is 24.2 Å². The van der Waals surface area contributed by atoms with Crippen molar-refractivity contribution < 1.29 is 22.7 Å². The maximum Gasteiger partial charge on any atom is 0.421 e. The molecule has 3 N–H and O–H groups in total. The predicted octanol–water partition coefficient (Wildman–Crippen LogP) is 5.76. The summed E-state index contributed by atoms with van der Waals surface area (Å²) in [7, 11) is 1.56. The number of alkyl halides is 3. The second kappa shape index (κ2) is 11.2. The minimum atomic E-state index is -4.67. The van der Waals surface area contributed by atoms with Gasteiger partial charge in [0, 0.05) is 49.3 Å². The van der Waals surface area contributed by atoms with E-state index >= 15 is 0 Å². The lowest BCUT2D eigenvalue weighted by atomic mass is 9.83. The third-order valence-corrected chi connectivity index (χ3v) is 8.80. The van der Waals surface area contributed by atoms with E-state index in [9.17, 15) is 18.0 Å². The highest BCUT2D eigenvalue weighted by molar-refractivity contribution is 6.06. The minimum Gasteiger partial charge on any atom is -0.494 e. The predicted molar refractivity (Wildman–Crippen MR) is 160 cm³/mol. The minimum absolute atomic E-state index is 0.00706. The molecule has 0 radical (unpaired) electrons. The first-order chi connectivity index (χ1) is 20.5. The summed E-state index contributed by atoms with van der Waals surface area (Å²) in [6.07, 6.45) is -0.371. The molecular weight excluding hydrogens is 559 g/mol. The molecule has 0 saturated carbocycles. The quantitative estimate of drug-likeness (QED) is 0.303. The number of carbonyl (C=O) groups excluding carboxylic acids is 1. The summed E-state index contributed by atoms with van der Waals surface area (Å²) in [5.74, 6) is 0.0147. The monoisotopic (exact) mass is 595 g/mol. The van der Waals surface area contributed by atoms with Gasteiger partial charge in [0.1, 0.15) is 17.1 Å². The number of hydrogen-bond donors (Lipinski definition) is 3. The molecular formula is C31H36F3N7O2. The molecule has 0 bridgehead atoms. The highest BCUT2D eigenvalue weighted by Gasteiger charge is 2.40. The number of halogens is 3. The van der Waals surface area contributed by atoms with E-state index in [1.807, 2.05) is 18.2 Å². The number of carbonyl (C=O) groups is 1. The van der Waals surface area contributed by atoms with Gasteiger partial charge in [-0.3, -0.25) is 4.79 Å². The van der Waals surface area contributed by atoms with Crippen molar-refractivity contribution in [2.24, 2.45) is 0 Å². The Balaban J connectivity index is 1.20. The number of hydrogen-bond acceptors (Lipinski definition) is 8. The van der Waals surface area contributed by atoms with Crippen LogP contribution in [0.15, 0.2) is 42.6 Å². The van der Waals surface area contributed by atoms with Crippen LogP contribution in [0.5, 0.6) is 5.75 Å². The Morgan fingerprint density at radius 1 is 1.12 bits per heavy atom. The van der Waals surface area contributed by atoms with Gasteiger partial charge in [0.25, 0.3) is 0 Å². The Hall–Kier alpha value is -4.06. The first kappa shape index (κ1) is 29.0. The Kier molecular flexibility index (Phi) is 7.57. The fraction of sp³-hybridized carbons (Fsp3) is 0.452. The summed E-state index contributed by atoms with van der Waals surface area (Å²) >= 11 is 0. The van der Waals surface area contributed by atoms with Gasteiger partial charge in [0.15, 0.2) is 0 Å². The maximum atomic E-state index is 13.9. The zero-order chi connectivity index (χ0) is 30.4. The third kappa shape index (κ3) is 5.67. The van der Waals surface area contributed by atoms with Crippen molar-refractivity contribution in [3.8, 4) is 5.75 Å². The summed E-state index contributed by atoms with van der Waals surface area (Å²) in [6.45, 7) is 7.94. The Labute approximate surface area is 248 Å². The van der Waals surface area contributed by atoms with Crippen molar-refractivity contribution in [1.82, 2.24) is 14.9 Å². The van der Waals surface area contributed by atoms with E-state index < -0.39 is 17.2 Å². The van der Waals surface area contributed by atoms with Gasteiger partial charge in [0.2, 0.25) is 11.9 Å². The Bertz CT molecular complexity index is 1520. The fourth-order valence-electron chi connectivity index (χ4n) is 6.24. The van der Waals surface area contributed by atoms with Crippen LogP contribution in [-0.2, 0) is 22.9 Å². The Morgan fingerprint density at radius 3 is 2.56 bits per heavy atom. The number of aromatic nitrogens is 2. The number of amides is 1. The second-order valence-electron chi connectivity index (χ2n) is 11.8. The molecule has 2 fully saturated rings. The molecule has 0 atom stereocenters. The average Bonchev–Trinajstić information content (AvgIpc) is 3.19. The van der Waals surface area contributed by atoms with Crippen LogP contribution in [0.2, 0.25) is 0 Å². The van der Waals surface area contributed by atoms with Crippen molar-refractivity contribution in [3.63, 3.8) is 0 Å².